The summed E-state index contributed by atoms with van der Waals surface area (Å²) in [6.07, 6.45) is -0.590. The van der Waals surface area contributed by atoms with Crippen LogP contribution in [0.15, 0.2) is 36.4 Å². The molecule has 0 unspecified atom stereocenters. The van der Waals surface area contributed by atoms with E-state index in [4.69, 9.17) is 4.74 Å². The highest BCUT2D eigenvalue weighted by Gasteiger charge is 2.26. The number of carbonyl (C=O) groups is 2. The lowest BCUT2D eigenvalue weighted by Gasteiger charge is -2.19. The number of hydrogen-bond acceptors (Lipinski definition) is 5. The average Bonchev–Trinajstić information content (AvgIpc) is 2.63. The number of carbonyl (C=O) groups excluding carboxylic acids is 2. The first-order chi connectivity index (χ1) is 13.5. The maximum Gasteiger partial charge on any atom is 0.411 e. The molecule has 0 aromatic heterocycles. The Morgan fingerprint density at radius 2 is 1.72 bits per heavy atom. The maximum atomic E-state index is 12.7. The molecule has 0 radical (unpaired) electrons. The van der Waals surface area contributed by atoms with Gasteiger partial charge in [0.15, 0.2) is 0 Å². The first-order valence-electron chi connectivity index (χ1n) is 9.18. The van der Waals surface area contributed by atoms with E-state index in [0.717, 1.165) is 0 Å². The number of nitrogens with zero attached hydrogens (tertiary/aromatic N) is 1. The maximum absolute atomic E-state index is 12.7. The summed E-state index contributed by atoms with van der Waals surface area (Å²) in [6.45, 7) is 9.31. The van der Waals surface area contributed by atoms with Gasteiger partial charge in [0, 0.05) is 28.6 Å². The Morgan fingerprint density at radius 3 is 2.28 bits per heavy atom. The highest BCUT2D eigenvalue weighted by molar-refractivity contribution is 6.05. The minimum Gasteiger partial charge on any atom is -0.450 e. The van der Waals surface area contributed by atoms with Crippen molar-refractivity contribution in [2.75, 3.05) is 17.2 Å². The molecular weight excluding hydrogens is 374 g/mol. The molecule has 0 aliphatic carbocycles. The average molecular weight is 399 g/mol. The van der Waals surface area contributed by atoms with E-state index in [2.05, 4.69) is 10.6 Å². The lowest BCUT2D eigenvalue weighted by atomic mass is 9.85. The standard InChI is InChI=1S/C21H25N3O5/c1-6-29-20(26)23-17-9-7-8-16(13(17)2)22-19(25)14-10-11-15(21(3,4)5)18(12-14)24(27)28/h7-12H,6H2,1-5H3,(H,22,25)(H,23,26). The third-order valence-electron chi connectivity index (χ3n) is 4.36. The van der Waals surface area contributed by atoms with E-state index in [1.54, 1.807) is 44.2 Å². The Morgan fingerprint density at radius 1 is 1.10 bits per heavy atom. The molecular formula is C21H25N3O5. The van der Waals surface area contributed by atoms with Crippen molar-refractivity contribution in [1.82, 2.24) is 0 Å². The van der Waals surface area contributed by atoms with Crippen molar-refractivity contribution in [2.45, 2.75) is 40.0 Å². The van der Waals surface area contributed by atoms with Gasteiger partial charge >= 0.3 is 6.09 Å². The van der Waals surface area contributed by atoms with Gasteiger partial charge in [0.1, 0.15) is 0 Å². The number of ether oxygens (including phenoxy) is 1. The summed E-state index contributed by atoms with van der Waals surface area (Å²) < 4.78 is 4.86. The second-order valence-electron chi connectivity index (χ2n) is 7.52. The third kappa shape index (κ3) is 5.31. The summed E-state index contributed by atoms with van der Waals surface area (Å²) >= 11 is 0. The van der Waals surface area contributed by atoms with Gasteiger partial charge in [-0.25, -0.2) is 4.79 Å². The molecule has 29 heavy (non-hydrogen) atoms. The molecule has 0 saturated heterocycles. The third-order valence-corrected chi connectivity index (χ3v) is 4.36. The normalized spacial score (nSPS) is 10.9. The molecule has 0 heterocycles. The van der Waals surface area contributed by atoms with Crippen LogP contribution >= 0.6 is 0 Å². The molecule has 0 fully saturated rings. The largest absolute Gasteiger partial charge is 0.450 e. The van der Waals surface area contributed by atoms with Crippen LogP contribution in [-0.4, -0.2) is 23.5 Å². The van der Waals surface area contributed by atoms with Gasteiger partial charge in [0.05, 0.1) is 11.5 Å². The van der Waals surface area contributed by atoms with Crippen LogP contribution in [0, 0.1) is 17.0 Å². The molecule has 0 spiro atoms. The van der Waals surface area contributed by atoms with E-state index in [9.17, 15) is 19.7 Å². The molecule has 0 saturated carbocycles. The minimum atomic E-state index is -0.590. The summed E-state index contributed by atoms with van der Waals surface area (Å²) in [6, 6.07) is 9.51. The lowest BCUT2D eigenvalue weighted by molar-refractivity contribution is -0.386. The first-order valence-corrected chi connectivity index (χ1v) is 9.18. The number of rotatable bonds is 5. The number of nitrogens with one attached hydrogen (secondary N) is 2. The topological polar surface area (TPSA) is 111 Å². The quantitative estimate of drug-likeness (QED) is 0.542. The van der Waals surface area contributed by atoms with Crippen molar-refractivity contribution in [2.24, 2.45) is 0 Å². The number of hydrogen-bond donors (Lipinski definition) is 2. The Hall–Kier alpha value is -3.42. The molecule has 2 N–H and O–H groups in total. The molecule has 0 atom stereocenters. The summed E-state index contributed by atoms with van der Waals surface area (Å²) in [7, 11) is 0. The second kappa shape index (κ2) is 8.72. The Labute approximate surface area is 169 Å². The van der Waals surface area contributed by atoms with Crippen molar-refractivity contribution < 1.29 is 19.2 Å². The van der Waals surface area contributed by atoms with Crippen LogP contribution in [-0.2, 0) is 10.2 Å². The van der Waals surface area contributed by atoms with Gasteiger partial charge in [-0.3, -0.25) is 20.2 Å². The van der Waals surface area contributed by atoms with E-state index < -0.39 is 22.3 Å². The summed E-state index contributed by atoms with van der Waals surface area (Å²) in [5.74, 6) is -0.482. The van der Waals surface area contributed by atoms with Gasteiger partial charge in [-0.2, -0.15) is 0 Å². The minimum absolute atomic E-state index is 0.0976. The van der Waals surface area contributed by atoms with Crippen molar-refractivity contribution in [3.05, 3.63) is 63.2 Å². The zero-order valence-corrected chi connectivity index (χ0v) is 17.2. The van der Waals surface area contributed by atoms with Gasteiger partial charge in [-0.1, -0.05) is 32.9 Å². The summed E-state index contributed by atoms with van der Waals surface area (Å²) in [5, 5.41) is 16.8. The van der Waals surface area contributed by atoms with Crippen LogP contribution in [0.3, 0.4) is 0 Å². The van der Waals surface area contributed by atoms with Crippen LogP contribution in [0.1, 0.15) is 49.2 Å². The second-order valence-corrected chi connectivity index (χ2v) is 7.52. The molecule has 154 valence electrons. The van der Waals surface area contributed by atoms with E-state index in [1.807, 2.05) is 20.8 Å². The Kier molecular flexibility index (Phi) is 6.58. The summed E-state index contributed by atoms with van der Waals surface area (Å²) in [4.78, 5) is 35.3. The first kappa shape index (κ1) is 21.9. The Bertz CT molecular complexity index is 948. The molecule has 0 aliphatic rings. The van der Waals surface area contributed by atoms with Crippen molar-refractivity contribution in [3.8, 4) is 0 Å². The smallest absolute Gasteiger partial charge is 0.411 e. The molecule has 8 nitrogen and oxygen atoms in total. The van der Waals surface area contributed by atoms with Gasteiger partial charge in [0.2, 0.25) is 0 Å². The summed E-state index contributed by atoms with van der Waals surface area (Å²) in [5.41, 5.74) is 1.81. The molecule has 2 aromatic carbocycles. The van der Waals surface area contributed by atoms with E-state index in [1.165, 1.54) is 6.07 Å². The number of anilines is 2. The van der Waals surface area contributed by atoms with Crippen LogP contribution < -0.4 is 10.6 Å². The highest BCUT2D eigenvalue weighted by atomic mass is 16.6. The number of benzene rings is 2. The molecule has 8 heteroatoms. The zero-order chi connectivity index (χ0) is 21.8. The number of amides is 2. The lowest BCUT2D eigenvalue weighted by Crippen LogP contribution is -2.18. The molecule has 2 amide bonds. The van der Waals surface area contributed by atoms with Gasteiger partial charge in [-0.15, -0.1) is 0 Å². The van der Waals surface area contributed by atoms with Gasteiger partial charge in [0.25, 0.3) is 11.6 Å². The van der Waals surface area contributed by atoms with Crippen LogP contribution in [0.25, 0.3) is 0 Å². The molecule has 2 aromatic rings. The van der Waals surface area contributed by atoms with E-state index in [-0.39, 0.29) is 17.9 Å². The number of nitro benzene ring substituents is 1. The monoisotopic (exact) mass is 399 g/mol. The molecule has 2 rings (SSSR count). The van der Waals surface area contributed by atoms with Crippen LogP contribution in [0.5, 0.6) is 0 Å². The molecule has 0 bridgehead atoms. The van der Waals surface area contributed by atoms with E-state index in [0.29, 0.717) is 22.5 Å². The highest BCUT2D eigenvalue weighted by Crippen LogP contribution is 2.32. The molecule has 0 aliphatic heterocycles. The van der Waals surface area contributed by atoms with Gasteiger partial charge < -0.3 is 10.1 Å². The van der Waals surface area contributed by atoms with Crippen LogP contribution in [0.2, 0.25) is 0 Å². The number of nitro groups is 1. The van der Waals surface area contributed by atoms with Crippen molar-refractivity contribution in [1.29, 1.82) is 0 Å². The van der Waals surface area contributed by atoms with E-state index >= 15 is 0 Å². The van der Waals surface area contributed by atoms with Gasteiger partial charge in [-0.05, 0) is 43.0 Å². The fourth-order valence-corrected chi connectivity index (χ4v) is 2.84. The van der Waals surface area contributed by atoms with Crippen LogP contribution in [0.4, 0.5) is 21.9 Å². The predicted molar refractivity (Wildman–Crippen MR) is 112 cm³/mol. The Balaban J connectivity index is 2.30. The fraction of sp³-hybridized carbons (Fsp3) is 0.333. The van der Waals surface area contributed by atoms with Crippen molar-refractivity contribution in [3.63, 3.8) is 0 Å². The fourth-order valence-electron chi connectivity index (χ4n) is 2.84. The zero-order valence-electron chi connectivity index (χ0n) is 17.2. The SMILES string of the molecule is CCOC(=O)Nc1cccc(NC(=O)c2ccc(C(C)(C)C)c([N+](=O)[O-])c2)c1C. The predicted octanol–water partition coefficient (Wildman–Crippen LogP) is 5.02. The van der Waals surface area contributed by atoms with Crippen molar-refractivity contribution >= 4 is 29.1 Å².